The van der Waals surface area contributed by atoms with Gasteiger partial charge in [0.15, 0.2) is 0 Å². The Morgan fingerprint density at radius 2 is 1.68 bits per heavy atom. The lowest BCUT2D eigenvalue weighted by Gasteiger charge is -2.25. The van der Waals surface area contributed by atoms with Crippen LogP contribution in [0, 0.1) is 11.6 Å². The maximum absolute atomic E-state index is 13.6. The first kappa shape index (κ1) is 22.7. The molecular formula is C22H19ClF2N2O3S. The summed E-state index contributed by atoms with van der Waals surface area (Å²) < 4.78 is 54.1. The second kappa shape index (κ2) is 9.45. The van der Waals surface area contributed by atoms with E-state index < -0.39 is 40.2 Å². The Kier molecular flexibility index (Phi) is 6.92. The summed E-state index contributed by atoms with van der Waals surface area (Å²) in [6, 6.07) is 16.1. The molecule has 5 nitrogen and oxygen atoms in total. The molecule has 0 saturated carbocycles. The third-order valence-electron chi connectivity index (χ3n) is 4.56. The van der Waals surface area contributed by atoms with E-state index in [0.29, 0.717) is 5.56 Å². The number of anilines is 1. The third kappa shape index (κ3) is 5.39. The molecular weight excluding hydrogens is 446 g/mol. The number of benzene rings is 3. The molecule has 0 aliphatic rings. The average Bonchev–Trinajstić information content (AvgIpc) is 2.75. The van der Waals surface area contributed by atoms with Gasteiger partial charge in [0.1, 0.15) is 18.2 Å². The van der Waals surface area contributed by atoms with Crippen molar-refractivity contribution >= 4 is 33.2 Å². The summed E-state index contributed by atoms with van der Waals surface area (Å²) >= 11 is 5.84. The Balaban J connectivity index is 1.90. The highest BCUT2D eigenvalue weighted by atomic mass is 35.5. The number of nitrogens with one attached hydrogen (secondary N) is 1. The van der Waals surface area contributed by atoms with Crippen molar-refractivity contribution in [2.24, 2.45) is 0 Å². The van der Waals surface area contributed by atoms with E-state index in [0.717, 1.165) is 16.4 Å². The van der Waals surface area contributed by atoms with Gasteiger partial charge >= 0.3 is 0 Å². The Labute approximate surface area is 184 Å². The van der Waals surface area contributed by atoms with Crippen molar-refractivity contribution < 1.29 is 22.0 Å². The highest BCUT2D eigenvalue weighted by Gasteiger charge is 2.28. The minimum atomic E-state index is -4.14. The predicted octanol–water partition coefficient (Wildman–Crippen LogP) is 4.69. The fourth-order valence-electron chi connectivity index (χ4n) is 2.93. The molecule has 3 rings (SSSR count). The average molecular weight is 465 g/mol. The van der Waals surface area contributed by atoms with Gasteiger partial charge in [-0.1, -0.05) is 41.9 Å². The Morgan fingerprint density at radius 1 is 1.03 bits per heavy atom. The summed E-state index contributed by atoms with van der Waals surface area (Å²) in [6.07, 6.45) is 0. The second-order valence-corrected chi connectivity index (χ2v) is 9.03. The van der Waals surface area contributed by atoms with Crippen molar-refractivity contribution in [2.45, 2.75) is 17.9 Å². The maximum Gasteiger partial charge on any atom is 0.264 e. The number of hydrogen-bond donors (Lipinski definition) is 1. The number of sulfonamides is 1. The lowest BCUT2D eigenvalue weighted by atomic mass is 10.1. The van der Waals surface area contributed by atoms with E-state index in [9.17, 15) is 22.0 Å². The molecule has 0 aliphatic heterocycles. The van der Waals surface area contributed by atoms with Gasteiger partial charge in [-0.3, -0.25) is 9.10 Å². The number of rotatable bonds is 7. The molecule has 162 valence electrons. The maximum atomic E-state index is 13.6. The Hall–Kier alpha value is -2.97. The van der Waals surface area contributed by atoms with Crippen molar-refractivity contribution in [3.8, 4) is 0 Å². The van der Waals surface area contributed by atoms with E-state index in [4.69, 9.17) is 11.6 Å². The van der Waals surface area contributed by atoms with Crippen LogP contribution in [0.1, 0.15) is 18.5 Å². The predicted molar refractivity (Wildman–Crippen MR) is 115 cm³/mol. The van der Waals surface area contributed by atoms with Crippen LogP contribution >= 0.6 is 11.6 Å². The van der Waals surface area contributed by atoms with Gasteiger partial charge in [-0.05, 0) is 55.0 Å². The van der Waals surface area contributed by atoms with E-state index in [-0.39, 0.29) is 15.6 Å². The number of carbonyl (C=O) groups is 1. The first-order valence-corrected chi connectivity index (χ1v) is 11.1. The van der Waals surface area contributed by atoms with Crippen LogP contribution in [0.3, 0.4) is 0 Å². The molecule has 9 heteroatoms. The van der Waals surface area contributed by atoms with Crippen molar-refractivity contribution in [1.82, 2.24) is 5.32 Å². The van der Waals surface area contributed by atoms with Gasteiger partial charge in [0.2, 0.25) is 5.91 Å². The molecule has 0 saturated heterocycles. The van der Waals surface area contributed by atoms with E-state index in [1.165, 1.54) is 42.5 Å². The summed E-state index contributed by atoms with van der Waals surface area (Å²) in [4.78, 5) is 12.7. The molecule has 0 radical (unpaired) electrons. The number of hydrogen-bond acceptors (Lipinski definition) is 3. The van der Waals surface area contributed by atoms with Crippen LogP contribution in [0.4, 0.5) is 14.5 Å². The smallest absolute Gasteiger partial charge is 0.264 e. The molecule has 0 aliphatic carbocycles. The Bertz CT molecular complexity index is 1170. The standard InChI is InChI=1S/C22H19ClF2N2O3S/c1-15(16-7-9-17(24)10-8-16)26-22(28)14-27(18-11-12-21(25)20(23)13-18)31(29,30)19-5-3-2-4-6-19/h2-13,15H,14H2,1H3,(H,26,28). The molecule has 1 amide bonds. The van der Waals surface area contributed by atoms with Crippen LogP contribution in [-0.4, -0.2) is 20.9 Å². The lowest BCUT2D eigenvalue weighted by Crippen LogP contribution is -2.41. The zero-order valence-corrected chi connectivity index (χ0v) is 18.0. The van der Waals surface area contributed by atoms with Gasteiger partial charge in [0.05, 0.1) is 21.6 Å². The first-order valence-electron chi connectivity index (χ1n) is 9.26. The van der Waals surface area contributed by atoms with Crippen LogP contribution in [0.15, 0.2) is 77.7 Å². The molecule has 1 atom stereocenters. The van der Waals surface area contributed by atoms with E-state index in [1.807, 2.05) is 0 Å². The van der Waals surface area contributed by atoms with Crippen LogP contribution in [0.2, 0.25) is 5.02 Å². The van der Waals surface area contributed by atoms with E-state index >= 15 is 0 Å². The zero-order valence-electron chi connectivity index (χ0n) is 16.4. The van der Waals surface area contributed by atoms with Crippen molar-refractivity contribution in [3.05, 3.63) is 95.0 Å². The fraction of sp³-hybridized carbons (Fsp3) is 0.136. The molecule has 0 spiro atoms. The number of carbonyl (C=O) groups excluding carboxylic acids is 1. The molecule has 0 bridgehead atoms. The first-order chi connectivity index (χ1) is 14.7. The Morgan fingerprint density at radius 3 is 2.29 bits per heavy atom. The molecule has 0 heterocycles. The van der Waals surface area contributed by atoms with Crippen LogP contribution in [-0.2, 0) is 14.8 Å². The largest absolute Gasteiger partial charge is 0.348 e. The summed E-state index contributed by atoms with van der Waals surface area (Å²) in [7, 11) is -4.14. The van der Waals surface area contributed by atoms with Crippen molar-refractivity contribution in [1.29, 1.82) is 0 Å². The number of amides is 1. The molecule has 3 aromatic rings. The van der Waals surface area contributed by atoms with Gasteiger partial charge in [0, 0.05) is 0 Å². The summed E-state index contributed by atoms with van der Waals surface area (Å²) in [6.45, 7) is 1.13. The lowest BCUT2D eigenvalue weighted by molar-refractivity contribution is -0.120. The number of nitrogens with zero attached hydrogens (tertiary/aromatic N) is 1. The zero-order chi connectivity index (χ0) is 22.6. The molecule has 1 N–H and O–H groups in total. The van der Waals surface area contributed by atoms with E-state index in [2.05, 4.69) is 5.32 Å². The normalized spacial score (nSPS) is 12.3. The van der Waals surface area contributed by atoms with Crippen LogP contribution in [0.25, 0.3) is 0 Å². The molecule has 31 heavy (non-hydrogen) atoms. The minimum absolute atomic E-state index is 0.0326. The molecule has 0 aromatic heterocycles. The van der Waals surface area contributed by atoms with Crippen LogP contribution in [0.5, 0.6) is 0 Å². The van der Waals surface area contributed by atoms with Gasteiger partial charge in [0.25, 0.3) is 10.0 Å². The third-order valence-corrected chi connectivity index (χ3v) is 6.63. The summed E-state index contributed by atoms with van der Waals surface area (Å²) in [5.41, 5.74) is 0.692. The molecule has 3 aromatic carbocycles. The van der Waals surface area contributed by atoms with Crippen LogP contribution < -0.4 is 9.62 Å². The molecule has 0 fully saturated rings. The van der Waals surface area contributed by atoms with Gasteiger partial charge < -0.3 is 5.32 Å². The SMILES string of the molecule is CC(NC(=O)CN(c1ccc(F)c(Cl)c1)S(=O)(=O)c1ccccc1)c1ccc(F)cc1. The molecule has 1 unspecified atom stereocenters. The number of halogens is 3. The summed E-state index contributed by atoms with van der Waals surface area (Å²) in [5.74, 6) is -1.72. The monoisotopic (exact) mass is 464 g/mol. The second-order valence-electron chi connectivity index (χ2n) is 6.76. The van der Waals surface area contributed by atoms with Gasteiger partial charge in [-0.15, -0.1) is 0 Å². The van der Waals surface area contributed by atoms with E-state index in [1.54, 1.807) is 25.1 Å². The minimum Gasteiger partial charge on any atom is -0.348 e. The summed E-state index contributed by atoms with van der Waals surface area (Å²) in [5, 5.41) is 2.42. The van der Waals surface area contributed by atoms with Crippen molar-refractivity contribution in [2.75, 3.05) is 10.8 Å². The van der Waals surface area contributed by atoms with Crippen molar-refractivity contribution in [3.63, 3.8) is 0 Å². The quantitative estimate of drug-likeness (QED) is 0.551. The highest BCUT2D eigenvalue weighted by Crippen LogP contribution is 2.27. The fourth-order valence-corrected chi connectivity index (χ4v) is 4.54. The highest BCUT2D eigenvalue weighted by molar-refractivity contribution is 7.92. The van der Waals surface area contributed by atoms with Gasteiger partial charge in [-0.2, -0.15) is 0 Å². The van der Waals surface area contributed by atoms with Gasteiger partial charge in [-0.25, -0.2) is 17.2 Å². The topological polar surface area (TPSA) is 66.5 Å².